The van der Waals surface area contributed by atoms with Crippen molar-refractivity contribution < 1.29 is 8.42 Å². The molecule has 3 N–H and O–H groups in total. The Morgan fingerprint density at radius 1 is 1.25 bits per heavy atom. The van der Waals surface area contributed by atoms with Crippen LogP contribution in [0.4, 0.5) is 0 Å². The summed E-state index contributed by atoms with van der Waals surface area (Å²) in [5.41, 5.74) is 5.78. The summed E-state index contributed by atoms with van der Waals surface area (Å²) < 4.78 is 22.6. The molecule has 20 heavy (non-hydrogen) atoms. The van der Waals surface area contributed by atoms with Crippen LogP contribution in [0.3, 0.4) is 0 Å². The summed E-state index contributed by atoms with van der Waals surface area (Å²) >= 11 is 0. The molecule has 1 aliphatic heterocycles. The van der Waals surface area contributed by atoms with Crippen molar-refractivity contribution in [2.24, 2.45) is 16.6 Å². The zero-order valence-corrected chi connectivity index (χ0v) is 15.5. The first-order valence-corrected chi connectivity index (χ1v) is 9.10. The fourth-order valence-corrected chi connectivity index (χ4v) is 3.76. The molecule has 1 aliphatic rings. The molecular formula is C13H28IN3O2S. The van der Waals surface area contributed by atoms with Gasteiger partial charge in [-0.25, -0.2) is 8.42 Å². The molecule has 0 aromatic rings. The van der Waals surface area contributed by atoms with Crippen LogP contribution in [0.5, 0.6) is 0 Å². The Bertz CT molecular complexity index is 371. The molecular weight excluding hydrogens is 389 g/mol. The van der Waals surface area contributed by atoms with Crippen LogP contribution >= 0.6 is 24.0 Å². The van der Waals surface area contributed by atoms with Crippen LogP contribution in [0.25, 0.3) is 0 Å². The number of sulfone groups is 1. The Morgan fingerprint density at radius 2 is 1.90 bits per heavy atom. The highest BCUT2D eigenvalue weighted by Crippen LogP contribution is 2.18. The Kier molecular flexibility index (Phi) is 10.6. The van der Waals surface area contributed by atoms with Gasteiger partial charge in [0.2, 0.25) is 0 Å². The maximum Gasteiger partial charge on any atom is 0.188 e. The van der Waals surface area contributed by atoms with Crippen molar-refractivity contribution in [3.05, 3.63) is 0 Å². The summed E-state index contributed by atoms with van der Waals surface area (Å²) in [5, 5.41) is 3.11. The predicted octanol–water partition coefficient (Wildman–Crippen LogP) is 1.91. The normalized spacial score (nSPS) is 19.4. The van der Waals surface area contributed by atoms with E-state index in [0.29, 0.717) is 29.9 Å². The third kappa shape index (κ3) is 8.99. The van der Waals surface area contributed by atoms with Gasteiger partial charge in [-0.1, -0.05) is 26.2 Å². The highest BCUT2D eigenvalue weighted by Gasteiger charge is 2.23. The molecule has 0 spiro atoms. The molecule has 0 radical (unpaired) electrons. The van der Waals surface area contributed by atoms with Crippen LogP contribution in [0.15, 0.2) is 4.99 Å². The fourth-order valence-electron chi connectivity index (χ4n) is 2.17. The topological polar surface area (TPSA) is 84.5 Å². The number of rotatable bonds is 7. The molecule has 0 saturated carbocycles. The van der Waals surface area contributed by atoms with Gasteiger partial charge in [0.05, 0.1) is 11.5 Å². The van der Waals surface area contributed by atoms with Crippen molar-refractivity contribution in [3.63, 3.8) is 0 Å². The number of nitrogens with two attached hydrogens (primary N) is 1. The van der Waals surface area contributed by atoms with Crippen LogP contribution in [-0.4, -0.2) is 39.0 Å². The molecule has 5 nitrogen and oxygen atoms in total. The van der Waals surface area contributed by atoms with E-state index >= 15 is 0 Å². The lowest BCUT2D eigenvalue weighted by atomic mass is 10.0. The second-order valence-corrected chi connectivity index (χ2v) is 7.61. The van der Waals surface area contributed by atoms with Gasteiger partial charge in [0.1, 0.15) is 9.84 Å². The number of hydrogen-bond acceptors (Lipinski definition) is 3. The minimum atomic E-state index is -2.77. The standard InChI is InChI=1S/C13H27N3O2S.HI/c1-2-3-4-5-8-15-13(14)16-11-12-6-9-19(17,18)10-7-12;/h12H,2-11H2,1H3,(H3,14,15,16);1H. The lowest BCUT2D eigenvalue weighted by Crippen LogP contribution is -2.33. The van der Waals surface area contributed by atoms with Gasteiger partial charge in [0.15, 0.2) is 5.96 Å². The van der Waals surface area contributed by atoms with Gasteiger partial charge in [-0.3, -0.25) is 4.99 Å². The van der Waals surface area contributed by atoms with Gasteiger partial charge in [0, 0.05) is 13.1 Å². The average Bonchev–Trinajstić information content (AvgIpc) is 2.37. The summed E-state index contributed by atoms with van der Waals surface area (Å²) in [7, 11) is -2.77. The summed E-state index contributed by atoms with van der Waals surface area (Å²) in [6.07, 6.45) is 6.26. The molecule has 1 heterocycles. The number of aliphatic imine (C=N–C) groups is 1. The van der Waals surface area contributed by atoms with Crippen molar-refractivity contribution >= 4 is 39.8 Å². The summed E-state index contributed by atoms with van der Waals surface area (Å²) in [6, 6.07) is 0. The Labute approximate surface area is 140 Å². The van der Waals surface area contributed by atoms with Crippen molar-refractivity contribution in [1.29, 1.82) is 0 Å². The summed E-state index contributed by atoms with van der Waals surface area (Å²) in [5.74, 6) is 1.46. The summed E-state index contributed by atoms with van der Waals surface area (Å²) in [4.78, 5) is 4.30. The number of guanidine groups is 1. The first-order valence-electron chi connectivity index (χ1n) is 7.27. The van der Waals surface area contributed by atoms with Gasteiger partial charge in [-0.15, -0.1) is 24.0 Å². The predicted molar refractivity (Wildman–Crippen MR) is 95.4 cm³/mol. The largest absolute Gasteiger partial charge is 0.370 e. The third-order valence-electron chi connectivity index (χ3n) is 3.53. The zero-order chi connectivity index (χ0) is 14.1. The Morgan fingerprint density at radius 3 is 2.50 bits per heavy atom. The Balaban J connectivity index is 0.00000361. The van der Waals surface area contributed by atoms with Crippen molar-refractivity contribution in [1.82, 2.24) is 5.32 Å². The lowest BCUT2D eigenvalue weighted by Gasteiger charge is -2.20. The second kappa shape index (κ2) is 10.6. The molecule has 0 amide bonds. The first kappa shape index (κ1) is 19.9. The van der Waals surface area contributed by atoms with Crippen molar-refractivity contribution in [3.8, 4) is 0 Å². The molecule has 0 aromatic heterocycles. The van der Waals surface area contributed by atoms with E-state index in [1.54, 1.807) is 0 Å². The maximum absolute atomic E-state index is 11.3. The molecule has 0 aromatic carbocycles. The highest BCUT2D eigenvalue weighted by molar-refractivity contribution is 14.0. The first-order chi connectivity index (χ1) is 9.03. The molecule has 120 valence electrons. The van der Waals surface area contributed by atoms with Crippen LogP contribution < -0.4 is 11.1 Å². The molecule has 0 bridgehead atoms. The van der Waals surface area contributed by atoms with E-state index in [2.05, 4.69) is 17.2 Å². The number of nitrogens with zero attached hydrogens (tertiary/aromatic N) is 1. The average molecular weight is 417 g/mol. The SMILES string of the molecule is CCCCCCNC(N)=NCC1CCS(=O)(=O)CC1.I. The quantitative estimate of drug-likeness (QED) is 0.287. The summed E-state index contributed by atoms with van der Waals surface area (Å²) in [6.45, 7) is 3.70. The lowest BCUT2D eigenvalue weighted by molar-refractivity contribution is 0.474. The van der Waals surface area contributed by atoms with E-state index in [1.807, 2.05) is 0 Å². The van der Waals surface area contributed by atoms with E-state index < -0.39 is 9.84 Å². The van der Waals surface area contributed by atoms with E-state index in [4.69, 9.17) is 5.73 Å². The zero-order valence-electron chi connectivity index (χ0n) is 12.3. The second-order valence-electron chi connectivity index (χ2n) is 5.31. The fraction of sp³-hybridized carbons (Fsp3) is 0.923. The number of unbranched alkanes of at least 4 members (excludes halogenated alkanes) is 3. The highest BCUT2D eigenvalue weighted by atomic mass is 127. The minimum absolute atomic E-state index is 0. The molecule has 0 aliphatic carbocycles. The van der Waals surface area contributed by atoms with Crippen molar-refractivity contribution in [2.45, 2.75) is 45.4 Å². The maximum atomic E-state index is 11.3. The van der Waals surface area contributed by atoms with Gasteiger partial charge in [0.25, 0.3) is 0 Å². The van der Waals surface area contributed by atoms with Gasteiger partial charge in [-0.2, -0.15) is 0 Å². The monoisotopic (exact) mass is 417 g/mol. The van der Waals surface area contributed by atoms with Crippen molar-refractivity contribution in [2.75, 3.05) is 24.6 Å². The van der Waals surface area contributed by atoms with E-state index in [-0.39, 0.29) is 24.0 Å². The van der Waals surface area contributed by atoms with Gasteiger partial charge >= 0.3 is 0 Å². The third-order valence-corrected chi connectivity index (χ3v) is 5.25. The molecule has 1 fully saturated rings. The molecule has 7 heteroatoms. The van der Waals surface area contributed by atoms with Crippen LogP contribution in [0.2, 0.25) is 0 Å². The van der Waals surface area contributed by atoms with E-state index in [9.17, 15) is 8.42 Å². The van der Waals surface area contributed by atoms with E-state index in [1.165, 1.54) is 19.3 Å². The molecule has 0 unspecified atom stereocenters. The number of halogens is 1. The number of nitrogens with one attached hydrogen (secondary N) is 1. The van der Waals surface area contributed by atoms with Crippen LogP contribution in [-0.2, 0) is 9.84 Å². The molecule has 1 rings (SSSR count). The van der Waals surface area contributed by atoms with Gasteiger partial charge in [-0.05, 0) is 25.2 Å². The van der Waals surface area contributed by atoms with E-state index in [0.717, 1.165) is 25.8 Å². The smallest absolute Gasteiger partial charge is 0.188 e. The van der Waals surface area contributed by atoms with Crippen LogP contribution in [0.1, 0.15) is 45.4 Å². The molecule has 0 atom stereocenters. The minimum Gasteiger partial charge on any atom is -0.370 e. The van der Waals surface area contributed by atoms with Gasteiger partial charge < -0.3 is 11.1 Å². The Hall–Kier alpha value is -0.0500. The van der Waals surface area contributed by atoms with Crippen LogP contribution in [0, 0.1) is 5.92 Å². The molecule has 1 saturated heterocycles. The number of hydrogen-bond donors (Lipinski definition) is 2.